The van der Waals surface area contributed by atoms with Crippen LogP contribution in [0.3, 0.4) is 0 Å². The van der Waals surface area contributed by atoms with Crippen molar-refractivity contribution in [2.75, 3.05) is 0 Å². The van der Waals surface area contributed by atoms with Crippen molar-refractivity contribution in [3.63, 3.8) is 0 Å². The molecule has 0 spiro atoms. The molecule has 0 aromatic rings. The Balaban J connectivity index is 1.83. The molecule has 0 heterocycles. The van der Waals surface area contributed by atoms with E-state index in [-0.39, 0.29) is 22.7 Å². The Kier molecular flexibility index (Phi) is 3.15. The third-order valence-electron chi connectivity index (χ3n) is 7.25. The number of allylic oxidation sites excluding steroid dienone is 3. The van der Waals surface area contributed by atoms with Gasteiger partial charge in [-0.25, -0.2) is 4.39 Å². The Hall–Kier alpha value is -1.13. The lowest BCUT2D eigenvalue weighted by Crippen LogP contribution is -2.49. The first-order valence-corrected chi connectivity index (χ1v) is 8.68. The minimum atomic E-state index is -0.994. The molecule has 0 radical (unpaired) electrons. The van der Waals surface area contributed by atoms with E-state index in [1.807, 2.05) is 12.2 Å². The highest BCUT2D eigenvalue weighted by Gasteiger charge is 2.59. The van der Waals surface area contributed by atoms with Crippen molar-refractivity contribution in [1.82, 2.24) is 0 Å². The highest BCUT2D eigenvalue weighted by Crippen LogP contribution is 2.63. The normalized spacial score (nSPS) is 51.9. The highest BCUT2D eigenvalue weighted by molar-refractivity contribution is 5.45. The van der Waals surface area contributed by atoms with Gasteiger partial charge in [-0.05, 0) is 54.6 Å². The van der Waals surface area contributed by atoms with Gasteiger partial charge in [0.2, 0.25) is 0 Å². The molecule has 4 aliphatic carbocycles. The molecule has 4 aliphatic rings. The van der Waals surface area contributed by atoms with Crippen LogP contribution in [0.25, 0.3) is 0 Å². The zero-order valence-corrected chi connectivity index (χ0v) is 13.8. The molecular formula is C19H26FNO2. The summed E-state index contributed by atoms with van der Waals surface area (Å²) in [6.07, 6.45) is 7.08. The minimum Gasteiger partial charge on any atom is -0.508 e. The molecule has 7 atom stereocenters. The van der Waals surface area contributed by atoms with Gasteiger partial charge in [-0.1, -0.05) is 31.6 Å². The molecule has 0 amide bonds. The predicted molar refractivity (Wildman–Crippen MR) is 87.4 cm³/mol. The second-order valence-corrected chi connectivity index (χ2v) is 8.35. The lowest BCUT2D eigenvalue weighted by molar-refractivity contribution is 0.0988. The maximum Gasteiger partial charge on any atom is 0.116 e. The quantitative estimate of drug-likeness (QED) is 0.601. The van der Waals surface area contributed by atoms with Crippen molar-refractivity contribution < 1.29 is 14.6 Å². The Labute approximate surface area is 136 Å². The van der Waals surface area contributed by atoms with E-state index in [9.17, 15) is 14.6 Å². The van der Waals surface area contributed by atoms with Crippen LogP contribution in [0.2, 0.25) is 0 Å². The third kappa shape index (κ3) is 1.88. The van der Waals surface area contributed by atoms with Gasteiger partial charge in [0.1, 0.15) is 11.9 Å². The number of rotatable bonds is 0. The van der Waals surface area contributed by atoms with E-state index in [1.165, 1.54) is 0 Å². The zero-order valence-electron chi connectivity index (χ0n) is 13.8. The predicted octanol–water partition coefficient (Wildman–Crippen LogP) is 3.17. The maximum atomic E-state index is 14.3. The molecule has 4 heteroatoms. The average molecular weight is 319 g/mol. The van der Waals surface area contributed by atoms with Gasteiger partial charge in [-0.2, -0.15) is 0 Å². The standard InChI is InChI=1S/C19H26FNO2/c1-18-5-3-11(22)7-10(18)8-15(23)16-12(18)4-6-19(2)13(16)9-14(20)17(19)21/h3,5,8,11-14,17,22-23H,4,6-7,9,21H2,1-2H3/t11-,12-,13-,14+,17-,18-,19-/m0/s1. The van der Waals surface area contributed by atoms with Crippen LogP contribution in [-0.2, 0) is 0 Å². The molecular weight excluding hydrogens is 293 g/mol. The van der Waals surface area contributed by atoms with E-state index >= 15 is 0 Å². The molecule has 0 saturated heterocycles. The van der Waals surface area contributed by atoms with Gasteiger partial charge >= 0.3 is 0 Å². The van der Waals surface area contributed by atoms with E-state index in [1.54, 1.807) is 0 Å². The number of hydrogen-bond acceptors (Lipinski definition) is 3. The number of aliphatic hydroxyl groups is 2. The molecule has 2 saturated carbocycles. The van der Waals surface area contributed by atoms with Gasteiger partial charge in [-0.3, -0.25) is 0 Å². The van der Waals surface area contributed by atoms with Crippen LogP contribution in [0.5, 0.6) is 0 Å². The van der Waals surface area contributed by atoms with Crippen LogP contribution in [0.1, 0.15) is 39.5 Å². The topological polar surface area (TPSA) is 66.5 Å². The molecule has 0 unspecified atom stereocenters. The van der Waals surface area contributed by atoms with Crippen molar-refractivity contribution in [3.05, 3.63) is 35.1 Å². The van der Waals surface area contributed by atoms with Crippen molar-refractivity contribution in [2.45, 2.75) is 57.8 Å². The van der Waals surface area contributed by atoms with Crippen molar-refractivity contribution >= 4 is 0 Å². The van der Waals surface area contributed by atoms with Gasteiger partial charge in [0.15, 0.2) is 0 Å². The third-order valence-corrected chi connectivity index (χ3v) is 7.25. The Morgan fingerprint density at radius 2 is 2.04 bits per heavy atom. The minimum absolute atomic E-state index is 0.0149. The Morgan fingerprint density at radius 3 is 2.78 bits per heavy atom. The first-order chi connectivity index (χ1) is 10.8. The van der Waals surface area contributed by atoms with Crippen molar-refractivity contribution in [1.29, 1.82) is 0 Å². The first-order valence-electron chi connectivity index (χ1n) is 8.68. The molecule has 126 valence electrons. The molecule has 0 bridgehead atoms. The number of hydrogen-bond donors (Lipinski definition) is 3. The van der Waals surface area contributed by atoms with E-state index < -0.39 is 18.3 Å². The number of halogens is 1. The second-order valence-electron chi connectivity index (χ2n) is 8.35. The fourth-order valence-electron chi connectivity index (χ4n) is 5.68. The summed E-state index contributed by atoms with van der Waals surface area (Å²) in [5.74, 6) is 0.491. The smallest absolute Gasteiger partial charge is 0.116 e. The zero-order chi connectivity index (χ0) is 16.6. The summed E-state index contributed by atoms with van der Waals surface area (Å²) in [5.41, 5.74) is 7.82. The van der Waals surface area contributed by atoms with Crippen LogP contribution in [0.15, 0.2) is 35.1 Å². The molecule has 0 aromatic carbocycles. The van der Waals surface area contributed by atoms with E-state index in [2.05, 4.69) is 19.9 Å². The van der Waals surface area contributed by atoms with E-state index in [0.717, 1.165) is 24.0 Å². The Morgan fingerprint density at radius 1 is 1.30 bits per heavy atom. The van der Waals surface area contributed by atoms with Gasteiger partial charge in [-0.15, -0.1) is 0 Å². The van der Waals surface area contributed by atoms with Crippen LogP contribution in [-0.4, -0.2) is 28.5 Å². The summed E-state index contributed by atoms with van der Waals surface area (Å²) in [5, 5.41) is 20.6. The molecule has 3 nitrogen and oxygen atoms in total. The maximum absolute atomic E-state index is 14.3. The molecule has 4 rings (SSSR count). The van der Waals surface area contributed by atoms with E-state index in [0.29, 0.717) is 18.6 Å². The first kappa shape index (κ1) is 15.4. The summed E-state index contributed by atoms with van der Waals surface area (Å²) >= 11 is 0. The van der Waals surface area contributed by atoms with Gasteiger partial charge < -0.3 is 15.9 Å². The molecule has 4 N–H and O–H groups in total. The van der Waals surface area contributed by atoms with Crippen LogP contribution >= 0.6 is 0 Å². The number of fused-ring (bicyclic) bond motifs is 5. The summed E-state index contributed by atoms with van der Waals surface area (Å²) in [6, 6.07) is -0.448. The summed E-state index contributed by atoms with van der Waals surface area (Å²) in [6.45, 7) is 4.27. The SMILES string of the molecule is C[C@]12CC[C@H]3C(=C(O)C=C4C[C@@H](O)C=C[C@@]43C)[C@@H]1C[C@@H](F)[C@@H]2N. The summed E-state index contributed by atoms with van der Waals surface area (Å²) < 4.78 is 14.3. The van der Waals surface area contributed by atoms with Gasteiger partial charge in [0, 0.05) is 11.5 Å². The highest BCUT2D eigenvalue weighted by atomic mass is 19.1. The van der Waals surface area contributed by atoms with Crippen molar-refractivity contribution in [3.8, 4) is 0 Å². The van der Waals surface area contributed by atoms with Crippen LogP contribution in [0, 0.1) is 22.7 Å². The molecule has 23 heavy (non-hydrogen) atoms. The number of nitrogens with two attached hydrogens (primary N) is 1. The van der Waals surface area contributed by atoms with Crippen LogP contribution in [0.4, 0.5) is 4.39 Å². The lowest BCUT2D eigenvalue weighted by Gasteiger charge is -2.52. The largest absolute Gasteiger partial charge is 0.508 e. The van der Waals surface area contributed by atoms with Crippen LogP contribution < -0.4 is 5.73 Å². The van der Waals surface area contributed by atoms with E-state index in [4.69, 9.17) is 5.73 Å². The molecule has 2 fully saturated rings. The Bertz CT molecular complexity index is 639. The lowest BCUT2D eigenvalue weighted by atomic mass is 9.52. The second kappa shape index (κ2) is 4.70. The average Bonchev–Trinajstić information content (AvgIpc) is 2.73. The molecule has 0 aliphatic heterocycles. The summed E-state index contributed by atoms with van der Waals surface area (Å²) in [7, 11) is 0. The number of alkyl halides is 1. The fourth-order valence-corrected chi connectivity index (χ4v) is 5.68. The van der Waals surface area contributed by atoms with Gasteiger partial charge in [0.25, 0.3) is 0 Å². The monoisotopic (exact) mass is 319 g/mol. The van der Waals surface area contributed by atoms with Gasteiger partial charge in [0.05, 0.1) is 6.10 Å². The number of aliphatic hydroxyl groups excluding tert-OH is 2. The summed E-state index contributed by atoms with van der Waals surface area (Å²) in [4.78, 5) is 0. The van der Waals surface area contributed by atoms with Crippen molar-refractivity contribution in [2.24, 2.45) is 28.4 Å². The molecule has 0 aromatic heterocycles. The fraction of sp³-hybridized carbons (Fsp3) is 0.684.